The average Bonchev–Trinajstić information content (AvgIpc) is 3.24. The number of rotatable bonds is 0. The van der Waals surface area contributed by atoms with E-state index in [4.69, 9.17) is 14.2 Å². The van der Waals surface area contributed by atoms with Gasteiger partial charge in [0.1, 0.15) is 11.8 Å². The van der Waals surface area contributed by atoms with Crippen LogP contribution in [0.5, 0.6) is 5.75 Å². The minimum Gasteiger partial charge on any atom is -0.482 e. The van der Waals surface area contributed by atoms with Crippen LogP contribution in [0.3, 0.4) is 0 Å². The molecule has 0 aromatic heterocycles. The summed E-state index contributed by atoms with van der Waals surface area (Å²) in [6.45, 7) is 1.98. The standard InChI is InChI=1S/C20H22N2O4/c1-22-7-6-18-15-12-2-3-13(11-21)16(15)26-17(18)20(24-8-9-25-20)5-4-19(18,23)14(22)10-12/h2-3,14,17,23H,4-10H2,1H3/t14-,17?,18+,19?/m1/s1. The maximum absolute atomic E-state index is 12.1. The van der Waals surface area contributed by atoms with Crippen LogP contribution in [0.2, 0.25) is 0 Å². The van der Waals surface area contributed by atoms with E-state index in [-0.39, 0.29) is 6.04 Å². The Labute approximate surface area is 152 Å². The van der Waals surface area contributed by atoms with Gasteiger partial charge in [-0.1, -0.05) is 6.07 Å². The van der Waals surface area contributed by atoms with Crippen molar-refractivity contribution in [2.45, 2.75) is 54.6 Å². The molecular weight excluding hydrogens is 332 g/mol. The van der Waals surface area contributed by atoms with Crippen LogP contribution in [-0.2, 0) is 21.3 Å². The van der Waals surface area contributed by atoms with Gasteiger partial charge in [0, 0.05) is 18.0 Å². The molecule has 26 heavy (non-hydrogen) atoms. The summed E-state index contributed by atoms with van der Waals surface area (Å²) < 4.78 is 18.7. The topological polar surface area (TPSA) is 75.0 Å². The van der Waals surface area contributed by atoms with Crippen molar-refractivity contribution in [2.24, 2.45) is 0 Å². The van der Waals surface area contributed by atoms with Gasteiger partial charge >= 0.3 is 0 Å². The number of ether oxygens (including phenoxy) is 3. The summed E-state index contributed by atoms with van der Waals surface area (Å²) in [4.78, 5) is 2.29. The van der Waals surface area contributed by atoms with Crippen LogP contribution < -0.4 is 4.74 Å². The molecule has 3 heterocycles. The number of aliphatic hydroxyl groups is 1. The van der Waals surface area contributed by atoms with E-state index in [2.05, 4.69) is 18.0 Å². The predicted molar refractivity (Wildman–Crippen MR) is 90.8 cm³/mol. The summed E-state index contributed by atoms with van der Waals surface area (Å²) in [5, 5.41) is 21.7. The quantitative estimate of drug-likeness (QED) is 0.752. The molecular formula is C20H22N2O4. The molecule has 1 saturated carbocycles. The van der Waals surface area contributed by atoms with E-state index < -0.39 is 22.9 Å². The number of likely N-dealkylation sites (tertiary alicyclic amines) is 1. The van der Waals surface area contributed by atoms with Gasteiger partial charge in [0.05, 0.1) is 29.8 Å². The molecule has 0 radical (unpaired) electrons. The zero-order chi connectivity index (χ0) is 17.7. The Morgan fingerprint density at radius 2 is 2.04 bits per heavy atom. The maximum Gasteiger partial charge on any atom is 0.207 e. The highest BCUT2D eigenvalue weighted by Gasteiger charge is 2.77. The Morgan fingerprint density at radius 1 is 1.23 bits per heavy atom. The lowest BCUT2D eigenvalue weighted by atomic mass is 9.48. The van der Waals surface area contributed by atoms with Crippen LogP contribution in [0.15, 0.2) is 12.1 Å². The Kier molecular flexibility index (Phi) is 2.73. The number of fused-ring (bicyclic) bond motifs is 1. The van der Waals surface area contributed by atoms with Crippen molar-refractivity contribution >= 4 is 0 Å². The van der Waals surface area contributed by atoms with Gasteiger partial charge < -0.3 is 24.2 Å². The third kappa shape index (κ3) is 1.43. The largest absolute Gasteiger partial charge is 0.482 e. The first-order valence-electron chi connectivity index (χ1n) is 9.49. The molecule has 1 aromatic rings. The Morgan fingerprint density at radius 3 is 2.81 bits per heavy atom. The molecule has 2 bridgehead atoms. The van der Waals surface area contributed by atoms with Crippen molar-refractivity contribution in [3.8, 4) is 11.8 Å². The molecule has 5 aliphatic rings. The van der Waals surface area contributed by atoms with Gasteiger partial charge in [-0.3, -0.25) is 0 Å². The van der Waals surface area contributed by atoms with Gasteiger partial charge in [0.25, 0.3) is 0 Å². The SMILES string of the molecule is CN1CC[C@]23c4c5ccc(C#N)c4OC2C2(CCC3(O)[C@H]1C5)OCCO2. The second-order valence-corrected chi connectivity index (χ2v) is 8.44. The first kappa shape index (κ1) is 15.4. The third-order valence-corrected chi connectivity index (χ3v) is 7.65. The number of benzene rings is 1. The molecule has 6 rings (SSSR count). The second-order valence-electron chi connectivity index (χ2n) is 8.44. The molecule has 2 saturated heterocycles. The van der Waals surface area contributed by atoms with Crippen LogP contribution in [0.1, 0.15) is 36.0 Å². The van der Waals surface area contributed by atoms with Crippen LogP contribution in [-0.4, -0.2) is 60.3 Å². The summed E-state index contributed by atoms with van der Waals surface area (Å²) in [5.74, 6) is -0.163. The predicted octanol–water partition coefficient (Wildman–Crippen LogP) is 1.09. The van der Waals surface area contributed by atoms with Gasteiger partial charge in [-0.05, 0) is 44.5 Å². The first-order valence-corrected chi connectivity index (χ1v) is 9.49. The van der Waals surface area contributed by atoms with Gasteiger partial charge in [-0.25, -0.2) is 0 Å². The van der Waals surface area contributed by atoms with Crippen LogP contribution in [0.25, 0.3) is 0 Å². The summed E-state index contributed by atoms with van der Waals surface area (Å²) in [7, 11) is 2.10. The Hall–Kier alpha value is -1.65. The van der Waals surface area contributed by atoms with Crippen molar-refractivity contribution in [1.29, 1.82) is 5.26 Å². The zero-order valence-electron chi connectivity index (χ0n) is 14.8. The lowest BCUT2D eigenvalue weighted by Crippen LogP contribution is -2.79. The van der Waals surface area contributed by atoms with Gasteiger partial charge in [0.2, 0.25) is 5.79 Å². The highest BCUT2D eigenvalue weighted by molar-refractivity contribution is 5.63. The van der Waals surface area contributed by atoms with Crippen molar-refractivity contribution in [3.63, 3.8) is 0 Å². The monoisotopic (exact) mass is 354 g/mol. The molecule has 2 spiro atoms. The lowest BCUT2D eigenvalue weighted by molar-refractivity contribution is -0.295. The molecule has 3 fully saturated rings. The van der Waals surface area contributed by atoms with E-state index in [9.17, 15) is 10.4 Å². The molecule has 2 aliphatic carbocycles. The second kappa shape index (κ2) is 4.60. The minimum atomic E-state index is -0.891. The smallest absolute Gasteiger partial charge is 0.207 e. The number of likely N-dealkylation sites (N-methyl/N-ethyl adjacent to an activating group) is 1. The van der Waals surface area contributed by atoms with Crippen molar-refractivity contribution in [2.75, 3.05) is 26.8 Å². The number of nitriles is 1. The highest BCUT2D eigenvalue weighted by Crippen LogP contribution is 2.67. The Bertz CT molecular complexity index is 858. The van der Waals surface area contributed by atoms with E-state index in [1.165, 1.54) is 5.56 Å². The number of hydrogen-bond donors (Lipinski definition) is 1. The fourth-order valence-electron chi connectivity index (χ4n) is 6.58. The minimum absolute atomic E-state index is 0.0486. The van der Waals surface area contributed by atoms with Gasteiger partial charge in [0.15, 0.2) is 6.10 Å². The zero-order valence-corrected chi connectivity index (χ0v) is 14.8. The van der Waals surface area contributed by atoms with Gasteiger partial charge in [-0.15, -0.1) is 0 Å². The van der Waals surface area contributed by atoms with E-state index in [0.29, 0.717) is 37.4 Å². The molecule has 0 amide bonds. The van der Waals surface area contributed by atoms with Gasteiger partial charge in [-0.2, -0.15) is 5.26 Å². The fraction of sp³-hybridized carbons (Fsp3) is 0.650. The number of hydrogen-bond acceptors (Lipinski definition) is 6. The van der Waals surface area contributed by atoms with E-state index in [1.807, 2.05) is 12.1 Å². The number of piperidine rings is 1. The van der Waals surface area contributed by atoms with Crippen LogP contribution >= 0.6 is 0 Å². The molecule has 3 aliphatic heterocycles. The van der Waals surface area contributed by atoms with Crippen molar-refractivity contribution < 1.29 is 19.3 Å². The summed E-state index contributed by atoms with van der Waals surface area (Å²) in [6, 6.07) is 6.23. The molecule has 2 unspecified atom stereocenters. The molecule has 1 aromatic carbocycles. The van der Waals surface area contributed by atoms with Crippen molar-refractivity contribution in [1.82, 2.24) is 4.90 Å². The molecule has 4 atom stereocenters. The third-order valence-electron chi connectivity index (χ3n) is 7.65. The van der Waals surface area contributed by atoms with E-state index >= 15 is 0 Å². The molecule has 6 heteroatoms. The lowest BCUT2D eigenvalue weighted by Gasteiger charge is -2.64. The Balaban J connectivity index is 1.67. The van der Waals surface area contributed by atoms with E-state index in [1.54, 1.807) is 0 Å². The van der Waals surface area contributed by atoms with Crippen LogP contribution in [0, 0.1) is 11.3 Å². The molecule has 136 valence electrons. The summed E-state index contributed by atoms with van der Waals surface area (Å²) >= 11 is 0. The average molecular weight is 354 g/mol. The van der Waals surface area contributed by atoms with Crippen molar-refractivity contribution in [3.05, 3.63) is 28.8 Å². The summed E-state index contributed by atoms with van der Waals surface area (Å²) in [6.07, 6.45) is 2.40. The molecule has 1 N–H and O–H groups in total. The highest BCUT2D eigenvalue weighted by atomic mass is 16.8. The first-order chi connectivity index (χ1) is 12.6. The normalized spacial score (nSPS) is 41.6. The maximum atomic E-state index is 12.1. The number of nitrogens with zero attached hydrogens (tertiary/aromatic N) is 2. The fourth-order valence-corrected chi connectivity index (χ4v) is 6.58. The summed E-state index contributed by atoms with van der Waals surface area (Å²) in [5.41, 5.74) is 1.32. The van der Waals surface area contributed by atoms with Crippen LogP contribution in [0.4, 0.5) is 0 Å². The molecule has 6 nitrogen and oxygen atoms in total. The van der Waals surface area contributed by atoms with E-state index in [0.717, 1.165) is 24.9 Å².